The molecule has 4 nitrogen and oxygen atoms in total. The number of halogens is 1. The molecule has 1 aliphatic carbocycles. The van der Waals surface area contributed by atoms with Gasteiger partial charge in [-0.15, -0.1) is 0 Å². The van der Waals surface area contributed by atoms with Crippen molar-refractivity contribution in [3.8, 4) is 0 Å². The predicted molar refractivity (Wildman–Crippen MR) is 76.1 cm³/mol. The molecule has 1 fully saturated rings. The zero-order valence-corrected chi connectivity index (χ0v) is 11.9. The summed E-state index contributed by atoms with van der Waals surface area (Å²) < 4.78 is 13.2. The van der Waals surface area contributed by atoms with E-state index in [0.717, 1.165) is 24.8 Å². The number of nitrogens with one attached hydrogen (secondary N) is 2. The van der Waals surface area contributed by atoms with E-state index in [9.17, 15) is 14.3 Å². The molecule has 0 spiro atoms. The predicted octanol–water partition coefficient (Wildman–Crippen LogP) is 2.81. The van der Waals surface area contributed by atoms with E-state index < -0.39 is 0 Å². The Morgan fingerprint density at radius 1 is 1.55 bits per heavy atom. The van der Waals surface area contributed by atoms with E-state index in [1.165, 1.54) is 12.1 Å². The van der Waals surface area contributed by atoms with Crippen LogP contribution in [0, 0.1) is 18.2 Å². The number of hydrogen-bond donors (Lipinski definition) is 3. The van der Waals surface area contributed by atoms with Crippen molar-refractivity contribution in [1.82, 2.24) is 5.32 Å². The summed E-state index contributed by atoms with van der Waals surface area (Å²) in [4.78, 5) is 12.0. The molecule has 0 bridgehead atoms. The van der Waals surface area contributed by atoms with E-state index in [0.29, 0.717) is 5.69 Å². The molecule has 5 heteroatoms. The fourth-order valence-electron chi connectivity index (χ4n) is 2.71. The molecular weight excluding hydrogens is 259 g/mol. The van der Waals surface area contributed by atoms with Crippen molar-refractivity contribution in [3.63, 3.8) is 0 Å². The zero-order valence-electron chi connectivity index (χ0n) is 11.9. The highest BCUT2D eigenvalue weighted by molar-refractivity contribution is 5.90. The van der Waals surface area contributed by atoms with Crippen LogP contribution in [0.3, 0.4) is 0 Å². The summed E-state index contributed by atoms with van der Waals surface area (Å²) in [5.74, 6) is -0.382. The zero-order chi connectivity index (χ0) is 14.8. The molecule has 3 N–H and O–H groups in total. The SMILES string of the molecule is Cc1ccc(F)cc1NC(=O)NC1CCCC1(C)CO. The van der Waals surface area contributed by atoms with E-state index >= 15 is 0 Å². The first kappa shape index (κ1) is 14.8. The van der Waals surface area contributed by atoms with E-state index in [-0.39, 0.29) is 29.9 Å². The molecule has 0 aromatic heterocycles. The van der Waals surface area contributed by atoms with Crippen molar-refractivity contribution >= 4 is 11.7 Å². The van der Waals surface area contributed by atoms with Gasteiger partial charge in [-0.05, 0) is 37.5 Å². The maximum Gasteiger partial charge on any atom is 0.319 e. The van der Waals surface area contributed by atoms with Gasteiger partial charge in [-0.3, -0.25) is 0 Å². The van der Waals surface area contributed by atoms with Crippen LogP contribution in [-0.2, 0) is 0 Å². The summed E-state index contributed by atoms with van der Waals surface area (Å²) in [5.41, 5.74) is 0.998. The van der Waals surface area contributed by atoms with Crippen LogP contribution in [-0.4, -0.2) is 23.8 Å². The molecule has 0 saturated heterocycles. The second-order valence-corrected chi connectivity index (χ2v) is 5.81. The highest BCUT2D eigenvalue weighted by Crippen LogP contribution is 2.37. The number of carbonyl (C=O) groups is 1. The lowest BCUT2D eigenvalue weighted by molar-refractivity contribution is 0.122. The van der Waals surface area contributed by atoms with Crippen LogP contribution in [0.2, 0.25) is 0 Å². The Morgan fingerprint density at radius 3 is 3.00 bits per heavy atom. The summed E-state index contributed by atoms with van der Waals surface area (Å²) in [6, 6.07) is 3.87. The topological polar surface area (TPSA) is 61.4 Å². The van der Waals surface area contributed by atoms with E-state index in [4.69, 9.17) is 0 Å². The quantitative estimate of drug-likeness (QED) is 0.797. The molecule has 1 aliphatic rings. The van der Waals surface area contributed by atoms with Crippen molar-refractivity contribution < 1.29 is 14.3 Å². The van der Waals surface area contributed by atoms with E-state index in [2.05, 4.69) is 10.6 Å². The number of hydrogen-bond acceptors (Lipinski definition) is 2. The lowest BCUT2D eigenvalue weighted by atomic mass is 9.86. The maximum atomic E-state index is 13.2. The van der Waals surface area contributed by atoms with Crippen molar-refractivity contribution in [3.05, 3.63) is 29.6 Å². The average molecular weight is 280 g/mol. The third-order valence-electron chi connectivity index (χ3n) is 4.20. The maximum absolute atomic E-state index is 13.2. The lowest BCUT2D eigenvalue weighted by Crippen LogP contribution is -2.46. The Labute approximate surface area is 118 Å². The van der Waals surface area contributed by atoms with Gasteiger partial charge >= 0.3 is 6.03 Å². The Hall–Kier alpha value is -1.62. The molecule has 1 saturated carbocycles. The van der Waals surface area contributed by atoms with Crippen molar-refractivity contribution in [2.75, 3.05) is 11.9 Å². The first-order valence-electron chi connectivity index (χ1n) is 6.89. The molecular formula is C15H21FN2O2. The Bertz CT molecular complexity index is 507. The van der Waals surface area contributed by atoms with Gasteiger partial charge in [-0.25, -0.2) is 9.18 Å². The molecule has 110 valence electrons. The molecule has 0 aliphatic heterocycles. The first-order valence-corrected chi connectivity index (χ1v) is 6.89. The lowest BCUT2D eigenvalue weighted by Gasteiger charge is -2.30. The molecule has 1 aromatic rings. The number of anilines is 1. The largest absolute Gasteiger partial charge is 0.396 e. The van der Waals surface area contributed by atoms with Gasteiger partial charge in [0.1, 0.15) is 5.82 Å². The fraction of sp³-hybridized carbons (Fsp3) is 0.533. The molecule has 0 radical (unpaired) electrons. The second kappa shape index (κ2) is 5.79. The number of aliphatic hydroxyl groups is 1. The molecule has 2 atom stereocenters. The van der Waals surface area contributed by atoms with Crippen LogP contribution in [0.25, 0.3) is 0 Å². The number of benzene rings is 1. The molecule has 2 unspecified atom stereocenters. The van der Waals surface area contributed by atoms with Crippen LogP contribution in [0.5, 0.6) is 0 Å². The number of carbonyl (C=O) groups excluding carboxylic acids is 1. The smallest absolute Gasteiger partial charge is 0.319 e. The molecule has 20 heavy (non-hydrogen) atoms. The highest BCUT2D eigenvalue weighted by atomic mass is 19.1. The van der Waals surface area contributed by atoms with Crippen LogP contribution in [0.15, 0.2) is 18.2 Å². The van der Waals surface area contributed by atoms with Gasteiger partial charge in [0.15, 0.2) is 0 Å². The Balaban J connectivity index is 2.01. The fourth-order valence-corrected chi connectivity index (χ4v) is 2.71. The first-order chi connectivity index (χ1) is 9.44. The molecule has 2 rings (SSSR count). The van der Waals surface area contributed by atoms with Crippen molar-refractivity contribution in [2.24, 2.45) is 5.41 Å². The van der Waals surface area contributed by atoms with Crippen LogP contribution < -0.4 is 10.6 Å². The van der Waals surface area contributed by atoms with Gasteiger partial charge in [0.2, 0.25) is 0 Å². The number of amides is 2. The van der Waals surface area contributed by atoms with Gasteiger partial charge in [0.25, 0.3) is 0 Å². The molecule has 0 heterocycles. The summed E-state index contributed by atoms with van der Waals surface area (Å²) in [7, 11) is 0. The summed E-state index contributed by atoms with van der Waals surface area (Å²) >= 11 is 0. The normalized spacial score (nSPS) is 25.5. The third kappa shape index (κ3) is 3.10. The number of aryl methyl sites for hydroxylation is 1. The monoisotopic (exact) mass is 280 g/mol. The summed E-state index contributed by atoms with van der Waals surface area (Å²) in [5, 5.41) is 15.0. The second-order valence-electron chi connectivity index (χ2n) is 5.81. The van der Waals surface area contributed by atoms with Crippen LogP contribution >= 0.6 is 0 Å². The van der Waals surface area contributed by atoms with Gasteiger partial charge in [-0.2, -0.15) is 0 Å². The highest BCUT2D eigenvalue weighted by Gasteiger charge is 2.39. The van der Waals surface area contributed by atoms with Gasteiger partial charge in [-0.1, -0.05) is 19.4 Å². The summed E-state index contributed by atoms with van der Waals surface area (Å²) in [6.07, 6.45) is 2.74. The standard InChI is InChI=1S/C15H21FN2O2/c1-10-5-6-11(16)8-12(10)17-14(20)18-13-4-3-7-15(13,2)9-19/h5-6,8,13,19H,3-4,7,9H2,1-2H3,(H2,17,18,20). The third-order valence-corrected chi connectivity index (χ3v) is 4.20. The minimum Gasteiger partial charge on any atom is -0.396 e. The number of rotatable bonds is 3. The molecule has 1 aromatic carbocycles. The van der Waals surface area contributed by atoms with E-state index in [1.54, 1.807) is 6.07 Å². The Morgan fingerprint density at radius 2 is 2.30 bits per heavy atom. The van der Waals surface area contributed by atoms with Crippen molar-refractivity contribution in [1.29, 1.82) is 0 Å². The Kier molecular flexibility index (Phi) is 4.28. The van der Waals surface area contributed by atoms with Gasteiger partial charge < -0.3 is 15.7 Å². The number of aliphatic hydroxyl groups excluding tert-OH is 1. The van der Waals surface area contributed by atoms with E-state index in [1.807, 2.05) is 13.8 Å². The van der Waals surface area contributed by atoms with Gasteiger partial charge in [0, 0.05) is 17.1 Å². The minimum atomic E-state index is -0.382. The van der Waals surface area contributed by atoms with Crippen molar-refractivity contribution in [2.45, 2.75) is 39.2 Å². The van der Waals surface area contributed by atoms with Crippen LogP contribution in [0.1, 0.15) is 31.7 Å². The average Bonchev–Trinajstić information content (AvgIpc) is 2.76. The molecule has 2 amide bonds. The van der Waals surface area contributed by atoms with Gasteiger partial charge in [0.05, 0.1) is 6.61 Å². The minimum absolute atomic E-state index is 0.0525. The number of urea groups is 1. The van der Waals surface area contributed by atoms with Crippen LogP contribution in [0.4, 0.5) is 14.9 Å². The summed E-state index contributed by atoms with van der Waals surface area (Å²) in [6.45, 7) is 3.83.